The summed E-state index contributed by atoms with van der Waals surface area (Å²) < 4.78 is 24.8. The highest BCUT2D eigenvalue weighted by molar-refractivity contribution is 7.97. The van der Waals surface area contributed by atoms with Crippen molar-refractivity contribution in [2.75, 3.05) is 6.61 Å². The number of esters is 1. The molecule has 1 aromatic heterocycles. The molecule has 0 saturated carbocycles. The van der Waals surface area contributed by atoms with Crippen LogP contribution in [0, 0.1) is 5.82 Å². The van der Waals surface area contributed by atoms with Crippen molar-refractivity contribution in [1.82, 2.24) is 4.98 Å². The third-order valence-corrected chi connectivity index (χ3v) is 7.42. The molecular formula is C28H25FNO3S+. The van der Waals surface area contributed by atoms with Crippen molar-refractivity contribution in [3.63, 3.8) is 0 Å². The Balaban J connectivity index is 1.45. The zero-order valence-electron chi connectivity index (χ0n) is 19.0. The van der Waals surface area contributed by atoms with E-state index in [9.17, 15) is 9.18 Å². The van der Waals surface area contributed by atoms with E-state index in [-0.39, 0.29) is 12.4 Å². The summed E-state index contributed by atoms with van der Waals surface area (Å²) >= 11 is 0. The summed E-state index contributed by atoms with van der Waals surface area (Å²) in [6, 6.07) is 27.9. The Hall–Kier alpha value is -3.64. The zero-order valence-corrected chi connectivity index (χ0v) is 19.8. The Morgan fingerprint density at radius 1 is 0.824 bits per heavy atom. The normalized spacial score (nSPS) is 12.1. The van der Waals surface area contributed by atoms with Gasteiger partial charge in [0.25, 0.3) is 0 Å². The molecular weight excluding hydrogens is 449 g/mol. The van der Waals surface area contributed by atoms with Crippen LogP contribution in [0.2, 0.25) is 0 Å². The van der Waals surface area contributed by atoms with Crippen LogP contribution in [-0.4, -0.2) is 17.6 Å². The first-order chi connectivity index (χ1) is 16.4. The molecule has 3 aromatic carbocycles. The molecule has 1 atom stereocenters. The van der Waals surface area contributed by atoms with Crippen molar-refractivity contribution >= 4 is 16.9 Å². The van der Waals surface area contributed by atoms with Gasteiger partial charge in [-0.2, -0.15) is 0 Å². The fourth-order valence-electron chi connectivity index (χ4n) is 3.48. The monoisotopic (exact) mass is 474 g/mol. The maximum absolute atomic E-state index is 13.5. The number of nitrogens with zero attached hydrogens (tertiary/aromatic N) is 1. The van der Waals surface area contributed by atoms with Crippen LogP contribution in [0.25, 0.3) is 0 Å². The Morgan fingerprint density at radius 2 is 1.38 bits per heavy atom. The van der Waals surface area contributed by atoms with Crippen LogP contribution in [0.5, 0.6) is 5.75 Å². The number of halogens is 1. The summed E-state index contributed by atoms with van der Waals surface area (Å²) in [7, 11) is -0.397. The van der Waals surface area contributed by atoms with E-state index in [4.69, 9.17) is 9.47 Å². The van der Waals surface area contributed by atoms with Gasteiger partial charge in [-0.3, -0.25) is 4.98 Å². The highest BCUT2D eigenvalue weighted by atomic mass is 32.2. The third kappa shape index (κ3) is 5.83. The maximum atomic E-state index is 13.5. The number of pyridine rings is 1. The smallest absolute Gasteiger partial charge is 0.345 e. The quantitative estimate of drug-likeness (QED) is 0.226. The Bertz CT molecular complexity index is 1210. The van der Waals surface area contributed by atoms with Gasteiger partial charge < -0.3 is 9.47 Å². The summed E-state index contributed by atoms with van der Waals surface area (Å²) in [4.78, 5) is 19.6. The molecule has 6 heteroatoms. The minimum atomic E-state index is -0.785. The van der Waals surface area contributed by atoms with Gasteiger partial charge in [-0.15, -0.1) is 0 Å². The van der Waals surface area contributed by atoms with E-state index in [1.54, 1.807) is 12.4 Å². The number of carbonyl (C=O) groups excluding carboxylic acids is 1. The molecule has 4 nitrogen and oxygen atoms in total. The van der Waals surface area contributed by atoms with Gasteiger partial charge in [-0.05, 0) is 92.2 Å². The molecule has 4 rings (SSSR count). The van der Waals surface area contributed by atoms with E-state index < -0.39 is 22.5 Å². The van der Waals surface area contributed by atoms with E-state index in [0.717, 1.165) is 20.2 Å². The fourth-order valence-corrected chi connectivity index (χ4v) is 5.54. The average molecular weight is 475 g/mol. The predicted octanol–water partition coefficient (Wildman–Crippen LogP) is 6.17. The summed E-state index contributed by atoms with van der Waals surface area (Å²) in [5.74, 6) is -0.150. The number of hydrogen-bond acceptors (Lipinski definition) is 4. The van der Waals surface area contributed by atoms with Crippen LogP contribution in [0.15, 0.2) is 118 Å². The highest BCUT2D eigenvalue weighted by Crippen LogP contribution is 2.32. The molecule has 0 aliphatic carbocycles. The standard InChI is InChI=1S/C28H25FNO3S/c1-28(2,21-16-18-30-19-17-21)33-27(31)20-32-23-10-14-26(15-11-23)34(24-6-4-3-5-7-24)25-12-8-22(29)9-13-25/h3-19H,20H2,1-2H3/q+1. The molecule has 0 radical (unpaired) electrons. The second kappa shape index (κ2) is 10.5. The maximum Gasteiger partial charge on any atom is 0.345 e. The lowest BCUT2D eigenvalue weighted by Gasteiger charge is -2.25. The SMILES string of the molecule is CC(C)(OC(=O)COc1ccc([S+](c2ccccc2)c2ccc(F)cc2)cc1)c1ccncc1. The van der Waals surface area contributed by atoms with Crippen molar-refractivity contribution in [3.8, 4) is 5.75 Å². The lowest BCUT2D eigenvalue weighted by Crippen LogP contribution is -2.28. The molecule has 0 aliphatic heterocycles. The van der Waals surface area contributed by atoms with Crippen LogP contribution in [0.4, 0.5) is 4.39 Å². The van der Waals surface area contributed by atoms with Gasteiger partial charge in [-0.1, -0.05) is 18.2 Å². The lowest BCUT2D eigenvalue weighted by molar-refractivity contribution is -0.159. The molecule has 0 spiro atoms. The molecule has 34 heavy (non-hydrogen) atoms. The lowest BCUT2D eigenvalue weighted by atomic mass is 9.99. The fraction of sp³-hybridized carbons (Fsp3) is 0.143. The number of rotatable bonds is 8. The molecule has 1 heterocycles. The average Bonchev–Trinajstić information content (AvgIpc) is 2.86. The van der Waals surface area contributed by atoms with E-state index in [2.05, 4.69) is 17.1 Å². The predicted molar refractivity (Wildman–Crippen MR) is 130 cm³/mol. The first-order valence-electron chi connectivity index (χ1n) is 10.8. The van der Waals surface area contributed by atoms with Crippen LogP contribution < -0.4 is 4.74 Å². The van der Waals surface area contributed by atoms with Crippen molar-refractivity contribution in [2.24, 2.45) is 0 Å². The van der Waals surface area contributed by atoms with Crippen molar-refractivity contribution in [1.29, 1.82) is 0 Å². The van der Waals surface area contributed by atoms with Crippen molar-refractivity contribution < 1.29 is 18.7 Å². The topological polar surface area (TPSA) is 48.4 Å². The Morgan fingerprint density at radius 3 is 2.00 bits per heavy atom. The molecule has 172 valence electrons. The van der Waals surface area contributed by atoms with Gasteiger partial charge in [0.1, 0.15) is 17.2 Å². The zero-order chi connectivity index (χ0) is 24.0. The minimum absolute atomic E-state index is 0.198. The molecule has 4 aromatic rings. The highest BCUT2D eigenvalue weighted by Gasteiger charge is 2.29. The molecule has 0 bridgehead atoms. The first-order valence-corrected chi connectivity index (χ1v) is 12.0. The van der Waals surface area contributed by atoms with Crippen molar-refractivity contribution in [3.05, 3.63) is 115 Å². The second-order valence-corrected chi connectivity index (χ2v) is 10.1. The molecule has 0 fully saturated rings. The summed E-state index contributed by atoms with van der Waals surface area (Å²) in [6.07, 6.45) is 3.33. The third-order valence-electron chi connectivity index (χ3n) is 5.19. The van der Waals surface area contributed by atoms with Gasteiger partial charge >= 0.3 is 5.97 Å². The van der Waals surface area contributed by atoms with E-state index in [1.165, 1.54) is 12.1 Å². The second-order valence-electron chi connectivity index (χ2n) is 8.05. The first kappa shape index (κ1) is 23.5. The van der Waals surface area contributed by atoms with E-state index >= 15 is 0 Å². The van der Waals surface area contributed by atoms with Crippen LogP contribution in [0.1, 0.15) is 19.4 Å². The van der Waals surface area contributed by atoms with Crippen LogP contribution in [-0.2, 0) is 26.0 Å². The molecule has 0 aliphatic rings. The minimum Gasteiger partial charge on any atom is -0.482 e. The summed E-state index contributed by atoms with van der Waals surface area (Å²) in [5, 5.41) is 0. The number of ether oxygens (including phenoxy) is 2. The van der Waals surface area contributed by atoms with Gasteiger partial charge in [0.15, 0.2) is 21.3 Å². The molecule has 1 unspecified atom stereocenters. The Kier molecular flexibility index (Phi) is 7.28. The molecule has 0 saturated heterocycles. The molecule has 0 amide bonds. The summed E-state index contributed by atoms with van der Waals surface area (Å²) in [6.45, 7) is 3.46. The largest absolute Gasteiger partial charge is 0.482 e. The van der Waals surface area contributed by atoms with E-state index in [0.29, 0.717) is 5.75 Å². The summed E-state index contributed by atoms with van der Waals surface area (Å²) in [5.41, 5.74) is 0.0702. The van der Waals surface area contributed by atoms with Crippen molar-refractivity contribution in [2.45, 2.75) is 34.1 Å². The number of benzene rings is 3. The number of aromatic nitrogens is 1. The number of carbonyl (C=O) groups is 1. The van der Waals surface area contributed by atoms with Gasteiger partial charge in [0.2, 0.25) is 0 Å². The number of hydrogen-bond donors (Lipinski definition) is 0. The van der Waals surface area contributed by atoms with Gasteiger partial charge in [-0.25, -0.2) is 9.18 Å². The van der Waals surface area contributed by atoms with E-state index in [1.807, 2.05) is 80.6 Å². The molecule has 0 N–H and O–H groups in total. The van der Waals surface area contributed by atoms with Gasteiger partial charge in [0, 0.05) is 12.4 Å². The van der Waals surface area contributed by atoms with Gasteiger partial charge in [0.05, 0.1) is 10.9 Å². The van der Waals surface area contributed by atoms with Crippen LogP contribution in [0.3, 0.4) is 0 Å². The Labute approximate surface area is 201 Å². The van der Waals surface area contributed by atoms with Crippen LogP contribution >= 0.6 is 0 Å².